The Kier molecular flexibility index (Phi) is 3.90. The van der Waals surface area contributed by atoms with Crippen molar-refractivity contribution in [2.24, 2.45) is 5.92 Å². The summed E-state index contributed by atoms with van der Waals surface area (Å²) in [7, 11) is 0. The highest BCUT2D eigenvalue weighted by Crippen LogP contribution is 2.38. The molecule has 0 saturated heterocycles. The predicted octanol–water partition coefficient (Wildman–Crippen LogP) is 4.98. The van der Waals surface area contributed by atoms with Crippen molar-refractivity contribution < 1.29 is 0 Å². The lowest BCUT2D eigenvalue weighted by Gasteiger charge is -2.11. The molecule has 0 aliphatic carbocycles. The lowest BCUT2D eigenvalue weighted by molar-refractivity contribution is 0.637. The van der Waals surface area contributed by atoms with E-state index in [0.717, 1.165) is 12.1 Å². The summed E-state index contributed by atoms with van der Waals surface area (Å²) in [4.78, 5) is 4.52. The van der Waals surface area contributed by atoms with Gasteiger partial charge in [0.25, 0.3) is 0 Å². The maximum absolute atomic E-state index is 6.15. The predicted molar refractivity (Wildman–Crippen MR) is 79.7 cm³/mol. The summed E-state index contributed by atoms with van der Waals surface area (Å²) < 4.78 is 0. The fourth-order valence-corrected chi connectivity index (χ4v) is 2.67. The van der Waals surface area contributed by atoms with E-state index >= 15 is 0 Å². The van der Waals surface area contributed by atoms with E-state index in [2.05, 4.69) is 18.8 Å². The van der Waals surface area contributed by atoms with Crippen molar-refractivity contribution >= 4 is 51.4 Å². The van der Waals surface area contributed by atoms with Crippen LogP contribution in [0.4, 0.5) is 5.69 Å². The Labute approximate surface area is 121 Å². The fraction of sp³-hybridized carbons (Fsp3) is 0.308. The second-order valence-electron chi connectivity index (χ2n) is 4.68. The number of nitrogens with zero attached hydrogens (tertiary/aromatic N) is 1. The van der Waals surface area contributed by atoms with Crippen molar-refractivity contribution in [1.82, 2.24) is 4.98 Å². The van der Waals surface area contributed by atoms with Gasteiger partial charge in [-0.3, -0.25) is 4.98 Å². The molecular weight excluding hydrogens is 291 g/mol. The van der Waals surface area contributed by atoms with Crippen LogP contribution in [0.15, 0.2) is 12.1 Å². The number of hydrogen-bond donors (Lipinski definition) is 1. The van der Waals surface area contributed by atoms with Gasteiger partial charge in [0, 0.05) is 16.8 Å². The Morgan fingerprint density at radius 2 is 1.83 bits per heavy atom. The Hall–Kier alpha value is -0.700. The van der Waals surface area contributed by atoms with E-state index in [1.54, 1.807) is 6.07 Å². The molecule has 0 saturated carbocycles. The lowest BCUT2D eigenvalue weighted by atomic mass is 10.1. The first-order chi connectivity index (χ1) is 8.40. The number of benzene rings is 1. The molecule has 18 heavy (non-hydrogen) atoms. The van der Waals surface area contributed by atoms with Gasteiger partial charge in [0.1, 0.15) is 0 Å². The number of hydrogen-bond acceptors (Lipinski definition) is 2. The maximum Gasteiger partial charge on any atom is 0.0928 e. The van der Waals surface area contributed by atoms with E-state index in [-0.39, 0.29) is 0 Å². The van der Waals surface area contributed by atoms with Crippen LogP contribution in [0, 0.1) is 5.92 Å². The third-order valence-electron chi connectivity index (χ3n) is 2.63. The topological polar surface area (TPSA) is 38.9 Å². The van der Waals surface area contributed by atoms with Crippen LogP contribution in [0.1, 0.15) is 19.5 Å². The second kappa shape index (κ2) is 5.12. The number of halogens is 3. The van der Waals surface area contributed by atoms with Gasteiger partial charge in [0.05, 0.1) is 20.6 Å². The quantitative estimate of drug-likeness (QED) is 0.795. The highest BCUT2D eigenvalue weighted by molar-refractivity contribution is 6.48. The van der Waals surface area contributed by atoms with Crippen molar-refractivity contribution in [3.05, 3.63) is 32.9 Å². The average molecular weight is 304 g/mol. The molecule has 2 nitrogen and oxygen atoms in total. The lowest BCUT2D eigenvalue weighted by Crippen LogP contribution is -2.01. The third-order valence-corrected chi connectivity index (χ3v) is 3.70. The summed E-state index contributed by atoms with van der Waals surface area (Å²) in [5.74, 6) is 0.496. The van der Waals surface area contributed by atoms with E-state index < -0.39 is 0 Å². The molecule has 2 rings (SSSR count). The van der Waals surface area contributed by atoms with Crippen molar-refractivity contribution in [3.63, 3.8) is 0 Å². The Balaban J connectivity index is 2.73. The number of fused-ring (bicyclic) bond motifs is 1. The zero-order chi connectivity index (χ0) is 13.4. The summed E-state index contributed by atoms with van der Waals surface area (Å²) in [6.07, 6.45) is 0.844. The van der Waals surface area contributed by atoms with Crippen LogP contribution in [-0.4, -0.2) is 4.98 Å². The molecule has 0 unspecified atom stereocenters. The SMILES string of the molecule is CC(C)Cc1cc(N)c2c(Cl)c(Cl)cc(Cl)c2n1. The molecule has 1 aromatic carbocycles. The van der Waals surface area contributed by atoms with Gasteiger partial charge in [-0.2, -0.15) is 0 Å². The molecule has 0 spiro atoms. The first-order valence-electron chi connectivity index (χ1n) is 5.62. The van der Waals surface area contributed by atoms with Gasteiger partial charge in [-0.25, -0.2) is 0 Å². The highest BCUT2D eigenvalue weighted by atomic mass is 35.5. The molecule has 0 aliphatic heterocycles. The van der Waals surface area contributed by atoms with Gasteiger partial charge in [0.2, 0.25) is 0 Å². The Bertz CT molecular complexity index is 609. The van der Waals surface area contributed by atoms with Crippen LogP contribution in [0.5, 0.6) is 0 Å². The normalized spacial score (nSPS) is 11.4. The minimum Gasteiger partial charge on any atom is -0.398 e. The van der Waals surface area contributed by atoms with E-state index in [4.69, 9.17) is 40.5 Å². The van der Waals surface area contributed by atoms with Crippen molar-refractivity contribution in [2.75, 3.05) is 5.73 Å². The van der Waals surface area contributed by atoms with Gasteiger partial charge in [-0.05, 0) is 24.5 Å². The number of anilines is 1. The first-order valence-corrected chi connectivity index (χ1v) is 6.76. The number of pyridine rings is 1. The van der Waals surface area contributed by atoms with Gasteiger partial charge < -0.3 is 5.73 Å². The zero-order valence-corrected chi connectivity index (χ0v) is 12.4. The van der Waals surface area contributed by atoms with E-state index in [0.29, 0.717) is 37.6 Å². The third kappa shape index (κ3) is 2.51. The van der Waals surface area contributed by atoms with Crippen LogP contribution < -0.4 is 5.73 Å². The standard InChI is InChI=1S/C13H13Cl3N2/c1-6(2)3-7-4-10(17)11-12(16)8(14)5-9(15)13(11)18-7/h4-6H,3H2,1-2H3,(H2,17,18). The molecule has 0 radical (unpaired) electrons. The van der Waals surface area contributed by atoms with Crippen molar-refractivity contribution in [2.45, 2.75) is 20.3 Å². The first kappa shape index (κ1) is 13.7. The van der Waals surface area contributed by atoms with Crippen LogP contribution >= 0.6 is 34.8 Å². The van der Waals surface area contributed by atoms with Crippen LogP contribution in [0.3, 0.4) is 0 Å². The van der Waals surface area contributed by atoms with Gasteiger partial charge in [0.15, 0.2) is 0 Å². The molecular formula is C13H13Cl3N2. The van der Waals surface area contributed by atoms with Gasteiger partial charge in [-0.1, -0.05) is 48.7 Å². The van der Waals surface area contributed by atoms with Crippen molar-refractivity contribution in [1.29, 1.82) is 0 Å². The molecule has 1 heterocycles. The fourth-order valence-electron chi connectivity index (χ4n) is 1.91. The molecule has 0 fully saturated rings. The highest BCUT2D eigenvalue weighted by Gasteiger charge is 2.14. The number of nitrogen functional groups attached to an aromatic ring is 1. The largest absolute Gasteiger partial charge is 0.398 e. The minimum atomic E-state index is 0.388. The smallest absolute Gasteiger partial charge is 0.0928 e. The molecule has 0 atom stereocenters. The van der Waals surface area contributed by atoms with E-state index in [1.807, 2.05) is 6.07 Å². The molecule has 2 N–H and O–H groups in total. The summed E-state index contributed by atoms with van der Waals surface area (Å²) in [6, 6.07) is 3.43. The Morgan fingerprint density at radius 1 is 1.17 bits per heavy atom. The molecule has 5 heteroatoms. The maximum atomic E-state index is 6.15. The molecule has 1 aromatic heterocycles. The summed E-state index contributed by atoms with van der Waals surface area (Å²) in [5, 5.41) is 1.88. The summed E-state index contributed by atoms with van der Waals surface area (Å²) in [5.41, 5.74) is 8.11. The molecule has 96 valence electrons. The number of rotatable bonds is 2. The Morgan fingerprint density at radius 3 is 2.44 bits per heavy atom. The van der Waals surface area contributed by atoms with Gasteiger partial charge >= 0.3 is 0 Å². The van der Waals surface area contributed by atoms with E-state index in [1.165, 1.54) is 0 Å². The molecule has 0 bridgehead atoms. The van der Waals surface area contributed by atoms with Gasteiger partial charge in [-0.15, -0.1) is 0 Å². The minimum absolute atomic E-state index is 0.388. The monoisotopic (exact) mass is 302 g/mol. The van der Waals surface area contributed by atoms with Crippen molar-refractivity contribution in [3.8, 4) is 0 Å². The number of aromatic nitrogens is 1. The average Bonchev–Trinajstić information content (AvgIpc) is 2.24. The second-order valence-corrected chi connectivity index (χ2v) is 5.87. The van der Waals surface area contributed by atoms with Crippen LogP contribution in [0.25, 0.3) is 10.9 Å². The van der Waals surface area contributed by atoms with Crippen LogP contribution in [-0.2, 0) is 6.42 Å². The molecule has 0 amide bonds. The van der Waals surface area contributed by atoms with Crippen LogP contribution in [0.2, 0.25) is 15.1 Å². The number of nitrogens with two attached hydrogens (primary N) is 1. The summed E-state index contributed by atoms with van der Waals surface area (Å²) >= 11 is 18.3. The molecule has 0 aliphatic rings. The van der Waals surface area contributed by atoms with E-state index in [9.17, 15) is 0 Å². The summed E-state index contributed by atoms with van der Waals surface area (Å²) in [6.45, 7) is 4.25. The zero-order valence-electron chi connectivity index (χ0n) is 10.1. The molecule has 2 aromatic rings.